The molecule has 130 valence electrons. The standard InChI is InChI=1S/C17H21ClN2O4/c1-10(2)8-14(17(23)24)19-15(21)13-6-7-20(16(13)22)12-5-3-4-11(18)9-12/h3-5,9-10,13-14H,6-8H2,1-2H3,(H,19,21)(H,23,24)/t13?,14-/m1/s1. The molecule has 0 radical (unpaired) electrons. The molecule has 1 saturated heterocycles. The van der Waals surface area contributed by atoms with Gasteiger partial charge in [-0.05, 0) is 37.0 Å². The first-order valence-electron chi connectivity index (χ1n) is 7.89. The lowest BCUT2D eigenvalue weighted by Crippen LogP contribution is -2.46. The van der Waals surface area contributed by atoms with Gasteiger partial charge in [0.05, 0.1) is 0 Å². The first kappa shape index (κ1) is 18.3. The lowest BCUT2D eigenvalue weighted by Gasteiger charge is -2.19. The Labute approximate surface area is 145 Å². The highest BCUT2D eigenvalue weighted by atomic mass is 35.5. The van der Waals surface area contributed by atoms with Gasteiger partial charge in [-0.1, -0.05) is 31.5 Å². The molecule has 0 bridgehead atoms. The lowest BCUT2D eigenvalue weighted by atomic mass is 10.0. The van der Waals surface area contributed by atoms with E-state index in [0.29, 0.717) is 30.1 Å². The van der Waals surface area contributed by atoms with Gasteiger partial charge in [-0.3, -0.25) is 9.59 Å². The van der Waals surface area contributed by atoms with Crippen molar-refractivity contribution in [2.75, 3.05) is 11.4 Å². The van der Waals surface area contributed by atoms with Crippen molar-refractivity contribution in [2.24, 2.45) is 11.8 Å². The van der Waals surface area contributed by atoms with Crippen LogP contribution >= 0.6 is 11.6 Å². The number of rotatable bonds is 6. The molecule has 0 spiro atoms. The van der Waals surface area contributed by atoms with Crippen LogP contribution in [0.3, 0.4) is 0 Å². The Morgan fingerprint density at radius 1 is 1.42 bits per heavy atom. The predicted octanol–water partition coefficient (Wildman–Crippen LogP) is 2.31. The third-order valence-electron chi connectivity index (χ3n) is 3.96. The SMILES string of the molecule is CC(C)C[C@@H](NC(=O)C1CCN(c2cccc(Cl)c2)C1=O)C(=O)O. The smallest absolute Gasteiger partial charge is 0.326 e. The summed E-state index contributed by atoms with van der Waals surface area (Å²) in [6, 6.07) is 5.88. The zero-order valence-corrected chi connectivity index (χ0v) is 14.4. The first-order chi connectivity index (χ1) is 11.3. The van der Waals surface area contributed by atoms with Gasteiger partial charge in [-0.2, -0.15) is 0 Å². The van der Waals surface area contributed by atoms with Crippen LogP contribution in [0.15, 0.2) is 24.3 Å². The van der Waals surface area contributed by atoms with Crippen molar-refractivity contribution < 1.29 is 19.5 Å². The Kier molecular flexibility index (Phi) is 5.83. The highest BCUT2D eigenvalue weighted by molar-refractivity contribution is 6.31. The average Bonchev–Trinajstić information content (AvgIpc) is 2.87. The Hall–Kier alpha value is -2.08. The summed E-state index contributed by atoms with van der Waals surface area (Å²) >= 11 is 5.94. The molecule has 1 heterocycles. The number of anilines is 1. The number of carboxylic acids is 1. The van der Waals surface area contributed by atoms with Crippen LogP contribution in [0.25, 0.3) is 0 Å². The second-order valence-electron chi connectivity index (χ2n) is 6.34. The number of carbonyl (C=O) groups excluding carboxylic acids is 2. The maximum Gasteiger partial charge on any atom is 0.326 e. The van der Waals surface area contributed by atoms with E-state index in [-0.39, 0.29) is 11.8 Å². The molecule has 7 heteroatoms. The minimum atomic E-state index is -1.09. The van der Waals surface area contributed by atoms with E-state index in [1.165, 1.54) is 4.90 Å². The number of amides is 2. The van der Waals surface area contributed by atoms with Crippen molar-refractivity contribution in [3.8, 4) is 0 Å². The molecule has 2 amide bonds. The number of halogens is 1. The Morgan fingerprint density at radius 2 is 2.12 bits per heavy atom. The summed E-state index contributed by atoms with van der Waals surface area (Å²) in [7, 11) is 0. The lowest BCUT2D eigenvalue weighted by molar-refractivity contribution is -0.144. The highest BCUT2D eigenvalue weighted by Crippen LogP contribution is 2.27. The third-order valence-corrected chi connectivity index (χ3v) is 4.20. The summed E-state index contributed by atoms with van der Waals surface area (Å²) in [6.45, 7) is 4.16. The molecule has 2 atom stereocenters. The number of carbonyl (C=O) groups is 3. The van der Waals surface area contributed by atoms with Crippen LogP contribution in [0.1, 0.15) is 26.7 Å². The number of nitrogens with one attached hydrogen (secondary N) is 1. The van der Waals surface area contributed by atoms with E-state index in [9.17, 15) is 19.5 Å². The van der Waals surface area contributed by atoms with Crippen LogP contribution in [0.5, 0.6) is 0 Å². The maximum atomic E-state index is 12.5. The number of carboxylic acid groups (broad SMARTS) is 1. The molecule has 1 aromatic rings. The van der Waals surface area contributed by atoms with E-state index < -0.39 is 23.8 Å². The molecular formula is C17H21ClN2O4. The van der Waals surface area contributed by atoms with Crippen LogP contribution in [-0.4, -0.2) is 35.5 Å². The highest BCUT2D eigenvalue weighted by Gasteiger charge is 2.39. The van der Waals surface area contributed by atoms with Crippen molar-refractivity contribution >= 4 is 35.1 Å². The molecule has 0 saturated carbocycles. The van der Waals surface area contributed by atoms with E-state index in [4.69, 9.17) is 11.6 Å². The monoisotopic (exact) mass is 352 g/mol. The summed E-state index contributed by atoms with van der Waals surface area (Å²) in [6.07, 6.45) is 0.672. The summed E-state index contributed by atoms with van der Waals surface area (Å²) in [5.74, 6) is -2.69. The molecular weight excluding hydrogens is 332 g/mol. The van der Waals surface area contributed by atoms with Gasteiger partial charge in [-0.25, -0.2) is 4.79 Å². The van der Waals surface area contributed by atoms with Gasteiger partial charge in [-0.15, -0.1) is 0 Å². The van der Waals surface area contributed by atoms with Crippen LogP contribution in [0, 0.1) is 11.8 Å². The van der Waals surface area contributed by atoms with Crippen LogP contribution in [0.2, 0.25) is 5.02 Å². The quantitative estimate of drug-likeness (QED) is 0.769. The normalized spacial score (nSPS) is 18.8. The summed E-state index contributed by atoms with van der Waals surface area (Å²) in [5, 5.41) is 12.2. The van der Waals surface area contributed by atoms with Crippen molar-refractivity contribution in [3.63, 3.8) is 0 Å². The molecule has 1 aromatic carbocycles. The van der Waals surface area contributed by atoms with E-state index in [0.717, 1.165) is 0 Å². The molecule has 1 aliphatic rings. The van der Waals surface area contributed by atoms with E-state index in [1.807, 2.05) is 13.8 Å². The minimum absolute atomic E-state index is 0.119. The number of hydrogen-bond donors (Lipinski definition) is 2. The second-order valence-corrected chi connectivity index (χ2v) is 6.78. The Balaban J connectivity index is 2.06. The zero-order chi connectivity index (χ0) is 17.9. The topological polar surface area (TPSA) is 86.7 Å². The van der Waals surface area contributed by atoms with Gasteiger partial charge >= 0.3 is 5.97 Å². The molecule has 1 aliphatic heterocycles. The molecule has 1 unspecified atom stereocenters. The van der Waals surface area contributed by atoms with Crippen LogP contribution in [-0.2, 0) is 14.4 Å². The number of hydrogen-bond acceptors (Lipinski definition) is 3. The van der Waals surface area contributed by atoms with Gasteiger partial charge in [0.15, 0.2) is 0 Å². The second kappa shape index (κ2) is 7.66. The summed E-state index contributed by atoms with van der Waals surface area (Å²) < 4.78 is 0. The van der Waals surface area contributed by atoms with Gasteiger partial charge in [0.25, 0.3) is 0 Å². The maximum absolute atomic E-state index is 12.5. The van der Waals surface area contributed by atoms with Crippen molar-refractivity contribution in [1.82, 2.24) is 5.32 Å². The molecule has 0 aromatic heterocycles. The predicted molar refractivity (Wildman–Crippen MR) is 90.9 cm³/mol. The first-order valence-corrected chi connectivity index (χ1v) is 8.27. The van der Waals surface area contributed by atoms with Gasteiger partial charge in [0, 0.05) is 17.3 Å². The molecule has 2 N–H and O–H groups in total. The zero-order valence-electron chi connectivity index (χ0n) is 13.7. The summed E-state index contributed by atoms with van der Waals surface area (Å²) in [5.41, 5.74) is 0.639. The number of benzene rings is 1. The molecule has 1 fully saturated rings. The third kappa shape index (κ3) is 4.26. The van der Waals surface area contributed by atoms with Gasteiger partial charge in [0.2, 0.25) is 11.8 Å². The molecule has 6 nitrogen and oxygen atoms in total. The number of aliphatic carboxylic acids is 1. The largest absolute Gasteiger partial charge is 0.480 e. The van der Waals surface area contributed by atoms with Gasteiger partial charge < -0.3 is 15.3 Å². The molecule has 24 heavy (non-hydrogen) atoms. The fraction of sp³-hybridized carbons (Fsp3) is 0.471. The fourth-order valence-electron chi connectivity index (χ4n) is 2.79. The Bertz CT molecular complexity index is 647. The minimum Gasteiger partial charge on any atom is -0.480 e. The number of nitrogens with zero attached hydrogens (tertiary/aromatic N) is 1. The van der Waals surface area contributed by atoms with E-state index in [2.05, 4.69) is 5.32 Å². The van der Waals surface area contributed by atoms with E-state index in [1.54, 1.807) is 24.3 Å². The molecule has 2 rings (SSSR count). The van der Waals surface area contributed by atoms with Gasteiger partial charge in [0.1, 0.15) is 12.0 Å². The molecule has 0 aliphatic carbocycles. The van der Waals surface area contributed by atoms with E-state index >= 15 is 0 Å². The van der Waals surface area contributed by atoms with Crippen LogP contribution < -0.4 is 10.2 Å². The van der Waals surface area contributed by atoms with Crippen molar-refractivity contribution in [1.29, 1.82) is 0 Å². The fourth-order valence-corrected chi connectivity index (χ4v) is 2.97. The van der Waals surface area contributed by atoms with Crippen molar-refractivity contribution in [3.05, 3.63) is 29.3 Å². The average molecular weight is 353 g/mol. The Morgan fingerprint density at radius 3 is 2.71 bits per heavy atom. The van der Waals surface area contributed by atoms with Crippen molar-refractivity contribution in [2.45, 2.75) is 32.7 Å². The summed E-state index contributed by atoms with van der Waals surface area (Å²) in [4.78, 5) is 37.6. The van der Waals surface area contributed by atoms with Crippen LogP contribution in [0.4, 0.5) is 5.69 Å².